The predicted octanol–water partition coefficient (Wildman–Crippen LogP) is 2.71. The van der Waals surface area contributed by atoms with Gasteiger partial charge in [-0.15, -0.1) is 11.3 Å². The maximum Gasteiger partial charge on any atom is 0.250 e. The van der Waals surface area contributed by atoms with Crippen molar-refractivity contribution in [2.24, 2.45) is 5.92 Å². The molecule has 1 aromatic heterocycles. The van der Waals surface area contributed by atoms with Gasteiger partial charge in [0, 0.05) is 12.6 Å². The largest absolute Gasteiger partial charge is 0.313 e. The fourth-order valence-electron chi connectivity index (χ4n) is 2.34. The average Bonchev–Trinajstić information content (AvgIpc) is 2.92. The van der Waals surface area contributed by atoms with Gasteiger partial charge in [-0.3, -0.25) is 0 Å². The first-order valence-electron chi connectivity index (χ1n) is 7.37. The molecule has 0 aromatic carbocycles. The van der Waals surface area contributed by atoms with Crippen LogP contribution in [0.1, 0.15) is 45.1 Å². The topological polar surface area (TPSA) is 58.2 Å². The molecule has 2 unspecified atom stereocenters. The van der Waals surface area contributed by atoms with E-state index in [1.54, 1.807) is 6.07 Å². The third kappa shape index (κ3) is 4.28. The Balaban J connectivity index is 1.89. The van der Waals surface area contributed by atoms with Crippen LogP contribution < -0.4 is 10.0 Å². The van der Waals surface area contributed by atoms with Crippen LogP contribution in [0.5, 0.6) is 0 Å². The molecule has 1 aliphatic carbocycles. The Hall–Kier alpha value is -0.430. The molecule has 0 spiro atoms. The van der Waals surface area contributed by atoms with Gasteiger partial charge in [0.2, 0.25) is 10.0 Å². The second-order valence-corrected chi connectivity index (χ2v) is 8.32. The normalized spacial score (nSPS) is 22.1. The van der Waals surface area contributed by atoms with Gasteiger partial charge in [0.1, 0.15) is 4.21 Å². The molecule has 20 heavy (non-hydrogen) atoms. The Labute approximate surface area is 126 Å². The van der Waals surface area contributed by atoms with E-state index in [0.717, 1.165) is 44.3 Å². The van der Waals surface area contributed by atoms with Crippen molar-refractivity contribution < 1.29 is 8.42 Å². The summed E-state index contributed by atoms with van der Waals surface area (Å²) in [4.78, 5) is 0. The fourth-order valence-corrected chi connectivity index (χ4v) is 4.88. The predicted molar refractivity (Wildman–Crippen MR) is 83.4 cm³/mol. The van der Waals surface area contributed by atoms with Gasteiger partial charge >= 0.3 is 0 Å². The number of hydrogen-bond acceptors (Lipinski definition) is 4. The molecule has 0 amide bonds. The van der Waals surface area contributed by atoms with Crippen molar-refractivity contribution in [2.75, 3.05) is 6.54 Å². The van der Waals surface area contributed by atoms with Crippen molar-refractivity contribution in [1.82, 2.24) is 10.0 Å². The number of thiophene rings is 1. The minimum Gasteiger partial charge on any atom is -0.313 e. The van der Waals surface area contributed by atoms with E-state index in [-0.39, 0.29) is 6.04 Å². The molecule has 4 nitrogen and oxygen atoms in total. The van der Waals surface area contributed by atoms with Gasteiger partial charge in [-0.05, 0) is 48.7 Å². The molecular formula is C14H24N2O2S2. The summed E-state index contributed by atoms with van der Waals surface area (Å²) in [6.45, 7) is 5.94. The Kier molecular flexibility index (Phi) is 5.60. The van der Waals surface area contributed by atoms with Crippen LogP contribution in [-0.4, -0.2) is 21.0 Å². The van der Waals surface area contributed by atoms with Gasteiger partial charge in [0.25, 0.3) is 0 Å². The highest BCUT2D eigenvalue weighted by Gasteiger charge is 2.39. The van der Waals surface area contributed by atoms with E-state index in [9.17, 15) is 8.42 Å². The minimum absolute atomic E-state index is 0.156. The lowest BCUT2D eigenvalue weighted by molar-refractivity contribution is 0.575. The van der Waals surface area contributed by atoms with Crippen LogP contribution in [0.3, 0.4) is 0 Å². The molecule has 0 aliphatic heterocycles. The molecule has 6 heteroatoms. The van der Waals surface area contributed by atoms with Gasteiger partial charge < -0.3 is 5.32 Å². The fraction of sp³-hybridized carbons (Fsp3) is 0.714. The van der Waals surface area contributed by atoms with E-state index in [1.165, 1.54) is 11.3 Å². The molecular weight excluding hydrogens is 292 g/mol. The molecule has 0 saturated heterocycles. The smallest absolute Gasteiger partial charge is 0.250 e. The maximum atomic E-state index is 12.3. The first-order chi connectivity index (χ1) is 9.56. The second kappa shape index (κ2) is 7.02. The SMILES string of the molecule is CCCNCc1csc(S(=O)(=O)NC2CC2CCC)c1. The highest BCUT2D eigenvalue weighted by Crippen LogP contribution is 2.36. The summed E-state index contributed by atoms with van der Waals surface area (Å²) in [5.41, 5.74) is 1.05. The van der Waals surface area contributed by atoms with Gasteiger partial charge in [-0.1, -0.05) is 20.3 Å². The van der Waals surface area contributed by atoms with Crippen molar-refractivity contribution in [1.29, 1.82) is 0 Å². The summed E-state index contributed by atoms with van der Waals surface area (Å²) >= 11 is 1.31. The van der Waals surface area contributed by atoms with Crippen LogP contribution in [0.25, 0.3) is 0 Å². The van der Waals surface area contributed by atoms with E-state index in [0.29, 0.717) is 10.1 Å². The zero-order chi connectivity index (χ0) is 14.6. The van der Waals surface area contributed by atoms with E-state index in [4.69, 9.17) is 0 Å². The van der Waals surface area contributed by atoms with Crippen molar-refractivity contribution in [3.05, 3.63) is 17.0 Å². The van der Waals surface area contributed by atoms with Crippen LogP contribution in [-0.2, 0) is 16.6 Å². The zero-order valence-corrected chi connectivity index (χ0v) is 13.8. The molecule has 0 bridgehead atoms. The molecule has 1 aromatic rings. The van der Waals surface area contributed by atoms with Crippen LogP contribution in [0.4, 0.5) is 0 Å². The van der Waals surface area contributed by atoms with Gasteiger partial charge in [-0.25, -0.2) is 13.1 Å². The zero-order valence-electron chi connectivity index (χ0n) is 12.2. The molecule has 1 fully saturated rings. The number of rotatable bonds is 9. The average molecular weight is 316 g/mol. The highest BCUT2D eigenvalue weighted by atomic mass is 32.2. The van der Waals surface area contributed by atoms with Crippen LogP contribution >= 0.6 is 11.3 Å². The summed E-state index contributed by atoms with van der Waals surface area (Å²) in [6.07, 6.45) is 4.31. The van der Waals surface area contributed by atoms with Crippen molar-refractivity contribution in [3.63, 3.8) is 0 Å². The lowest BCUT2D eigenvalue weighted by atomic mass is 10.2. The Morgan fingerprint density at radius 3 is 2.85 bits per heavy atom. The van der Waals surface area contributed by atoms with E-state index >= 15 is 0 Å². The summed E-state index contributed by atoms with van der Waals surface area (Å²) in [6, 6.07) is 1.94. The number of hydrogen-bond donors (Lipinski definition) is 2. The second-order valence-electron chi connectivity index (χ2n) is 5.46. The standard InChI is InChI=1S/C14H24N2O2S2/c1-3-5-12-8-13(12)16-20(17,18)14-7-11(10-19-14)9-15-6-4-2/h7,10,12-13,15-16H,3-6,8-9H2,1-2H3. The van der Waals surface area contributed by atoms with Gasteiger partial charge in [0.15, 0.2) is 0 Å². The third-order valence-corrected chi connectivity index (χ3v) is 6.52. The lowest BCUT2D eigenvalue weighted by Gasteiger charge is -2.03. The van der Waals surface area contributed by atoms with E-state index < -0.39 is 10.0 Å². The highest BCUT2D eigenvalue weighted by molar-refractivity contribution is 7.91. The summed E-state index contributed by atoms with van der Waals surface area (Å²) < 4.78 is 27.8. The Morgan fingerprint density at radius 1 is 1.35 bits per heavy atom. The van der Waals surface area contributed by atoms with Crippen LogP contribution in [0, 0.1) is 5.92 Å². The minimum atomic E-state index is -3.32. The quantitative estimate of drug-likeness (QED) is 0.689. The molecule has 2 N–H and O–H groups in total. The van der Waals surface area contributed by atoms with Gasteiger partial charge in [0.05, 0.1) is 0 Å². The third-order valence-electron chi connectivity index (χ3n) is 3.54. The van der Waals surface area contributed by atoms with E-state index in [2.05, 4.69) is 23.9 Å². The number of nitrogens with one attached hydrogen (secondary N) is 2. The molecule has 0 radical (unpaired) electrons. The Bertz CT molecular complexity index is 525. The first kappa shape index (κ1) is 15.9. The number of sulfonamides is 1. The van der Waals surface area contributed by atoms with Crippen molar-refractivity contribution >= 4 is 21.4 Å². The molecule has 1 aliphatic rings. The van der Waals surface area contributed by atoms with Crippen molar-refractivity contribution in [2.45, 2.75) is 56.3 Å². The lowest BCUT2D eigenvalue weighted by Crippen LogP contribution is -2.26. The van der Waals surface area contributed by atoms with Crippen molar-refractivity contribution in [3.8, 4) is 0 Å². The first-order valence-corrected chi connectivity index (χ1v) is 9.73. The van der Waals surface area contributed by atoms with Gasteiger partial charge in [-0.2, -0.15) is 0 Å². The van der Waals surface area contributed by atoms with Crippen LogP contribution in [0.15, 0.2) is 15.7 Å². The molecule has 2 atom stereocenters. The molecule has 1 heterocycles. The molecule has 114 valence electrons. The summed E-state index contributed by atoms with van der Waals surface area (Å²) in [5, 5.41) is 5.21. The molecule has 2 rings (SSSR count). The van der Waals surface area contributed by atoms with E-state index in [1.807, 2.05) is 5.38 Å². The summed E-state index contributed by atoms with van der Waals surface area (Å²) in [7, 11) is -3.32. The van der Waals surface area contributed by atoms with Crippen LogP contribution in [0.2, 0.25) is 0 Å². The summed E-state index contributed by atoms with van der Waals surface area (Å²) in [5.74, 6) is 0.542. The maximum absolute atomic E-state index is 12.3. The Morgan fingerprint density at radius 2 is 2.15 bits per heavy atom. The monoisotopic (exact) mass is 316 g/mol. The molecule has 1 saturated carbocycles.